The smallest absolute Gasteiger partial charge is 0.165 e. The van der Waals surface area contributed by atoms with E-state index in [1.165, 1.54) is 0 Å². The van der Waals surface area contributed by atoms with Gasteiger partial charge in [-0.2, -0.15) is 0 Å². The molecule has 2 unspecified atom stereocenters. The lowest BCUT2D eigenvalue weighted by Crippen LogP contribution is -2.56. The van der Waals surface area contributed by atoms with Gasteiger partial charge in [0.05, 0.1) is 10.7 Å². The Morgan fingerprint density at radius 2 is 2.21 bits per heavy atom. The Morgan fingerprint density at radius 3 is 2.89 bits per heavy atom. The highest BCUT2D eigenvalue weighted by Gasteiger charge is 2.27. The van der Waals surface area contributed by atoms with E-state index in [0.717, 1.165) is 19.5 Å². The number of hydrogen-bond donors (Lipinski definition) is 1. The fraction of sp³-hybridized carbons (Fsp3) is 0.600. The second-order valence-electron chi connectivity index (χ2n) is 5.81. The van der Waals surface area contributed by atoms with Crippen molar-refractivity contribution in [3.05, 3.63) is 29.0 Å². The fourth-order valence-electron chi connectivity index (χ4n) is 2.71. The van der Waals surface area contributed by atoms with Gasteiger partial charge in [-0.05, 0) is 31.4 Å². The molecule has 2 rings (SSSR count). The van der Waals surface area contributed by atoms with Gasteiger partial charge >= 0.3 is 0 Å². The molecule has 0 saturated carbocycles. The maximum Gasteiger partial charge on any atom is 0.165 e. The standard InChI is InChI=1S/C15H22ClFN2/c1-10(2)7-12-9-19(11(3)8-18-12)14-6-4-5-13(16)15(14)17/h4-6,10-12,18H,7-9H2,1-3H3. The quantitative estimate of drug-likeness (QED) is 0.911. The number of rotatable bonds is 3. The molecule has 0 amide bonds. The largest absolute Gasteiger partial charge is 0.364 e. The molecule has 1 aromatic rings. The van der Waals surface area contributed by atoms with Crippen molar-refractivity contribution >= 4 is 17.3 Å². The van der Waals surface area contributed by atoms with E-state index < -0.39 is 0 Å². The molecule has 19 heavy (non-hydrogen) atoms. The minimum absolute atomic E-state index is 0.198. The minimum atomic E-state index is -0.304. The number of benzene rings is 1. The van der Waals surface area contributed by atoms with Gasteiger partial charge in [0, 0.05) is 25.2 Å². The van der Waals surface area contributed by atoms with Gasteiger partial charge in [-0.15, -0.1) is 0 Å². The van der Waals surface area contributed by atoms with Crippen LogP contribution in [0.4, 0.5) is 10.1 Å². The third-order valence-corrected chi connectivity index (χ3v) is 3.94. The van der Waals surface area contributed by atoms with Crippen LogP contribution in [0.15, 0.2) is 18.2 Å². The Kier molecular flexibility index (Phi) is 4.69. The molecular weight excluding hydrogens is 263 g/mol. The average Bonchev–Trinajstić information content (AvgIpc) is 2.35. The van der Waals surface area contributed by atoms with Crippen LogP contribution in [0.25, 0.3) is 0 Å². The summed E-state index contributed by atoms with van der Waals surface area (Å²) in [6.07, 6.45) is 1.10. The van der Waals surface area contributed by atoms with Crippen molar-refractivity contribution in [2.75, 3.05) is 18.0 Å². The van der Waals surface area contributed by atoms with Crippen molar-refractivity contribution in [1.82, 2.24) is 5.32 Å². The second kappa shape index (κ2) is 6.10. The van der Waals surface area contributed by atoms with Crippen molar-refractivity contribution in [3.63, 3.8) is 0 Å². The van der Waals surface area contributed by atoms with E-state index in [9.17, 15) is 4.39 Å². The lowest BCUT2D eigenvalue weighted by atomic mass is 9.99. The highest BCUT2D eigenvalue weighted by Crippen LogP contribution is 2.28. The molecule has 0 radical (unpaired) electrons. The number of nitrogens with zero attached hydrogens (tertiary/aromatic N) is 1. The molecule has 1 aromatic carbocycles. The second-order valence-corrected chi connectivity index (χ2v) is 6.22. The molecule has 0 aliphatic carbocycles. The first-order chi connectivity index (χ1) is 8.99. The SMILES string of the molecule is CC(C)CC1CN(c2cccc(Cl)c2F)C(C)CN1. The van der Waals surface area contributed by atoms with Gasteiger partial charge in [-0.3, -0.25) is 0 Å². The van der Waals surface area contributed by atoms with Gasteiger partial charge in [0.15, 0.2) is 5.82 Å². The molecule has 106 valence electrons. The van der Waals surface area contributed by atoms with E-state index in [4.69, 9.17) is 11.6 Å². The number of halogens is 2. The van der Waals surface area contributed by atoms with E-state index in [1.807, 2.05) is 12.1 Å². The highest BCUT2D eigenvalue weighted by atomic mass is 35.5. The van der Waals surface area contributed by atoms with E-state index in [1.54, 1.807) is 6.07 Å². The van der Waals surface area contributed by atoms with E-state index in [-0.39, 0.29) is 16.9 Å². The summed E-state index contributed by atoms with van der Waals surface area (Å²) in [6, 6.07) is 5.91. The molecule has 1 heterocycles. The molecule has 0 aromatic heterocycles. The predicted molar refractivity (Wildman–Crippen MR) is 79.5 cm³/mol. The van der Waals surface area contributed by atoms with Crippen molar-refractivity contribution < 1.29 is 4.39 Å². The van der Waals surface area contributed by atoms with Crippen molar-refractivity contribution in [2.45, 2.75) is 39.3 Å². The van der Waals surface area contributed by atoms with Crippen LogP contribution in [0, 0.1) is 11.7 Å². The van der Waals surface area contributed by atoms with Gasteiger partial charge < -0.3 is 10.2 Å². The topological polar surface area (TPSA) is 15.3 Å². The first-order valence-electron chi connectivity index (χ1n) is 6.93. The Balaban J connectivity index is 2.19. The maximum atomic E-state index is 14.2. The van der Waals surface area contributed by atoms with E-state index in [0.29, 0.717) is 17.6 Å². The molecule has 1 N–H and O–H groups in total. The van der Waals surface area contributed by atoms with Gasteiger partial charge in [0.2, 0.25) is 0 Å². The fourth-order valence-corrected chi connectivity index (χ4v) is 2.88. The third kappa shape index (κ3) is 3.40. The monoisotopic (exact) mass is 284 g/mol. The van der Waals surface area contributed by atoms with Crippen LogP contribution < -0.4 is 10.2 Å². The van der Waals surface area contributed by atoms with Crippen LogP contribution in [0.3, 0.4) is 0 Å². The van der Waals surface area contributed by atoms with Gasteiger partial charge in [-0.1, -0.05) is 31.5 Å². The summed E-state index contributed by atoms with van der Waals surface area (Å²) in [5.41, 5.74) is 0.621. The molecule has 4 heteroatoms. The van der Waals surface area contributed by atoms with Crippen LogP contribution in [-0.2, 0) is 0 Å². The van der Waals surface area contributed by atoms with E-state index in [2.05, 4.69) is 31.0 Å². The Labute approximate surface area is 119 Å². The zero-order chi connectivity index (χ0) is 14.0. The van der Waals surface area contributed by atoms with Crippen LogP contribution in [0.5, 0.6) is 0 Å². The van der Waals surface area contributed by atoms with Crippen LogP contribution >= 0.6 is 11.6 Å². The zero-order valence-electron chi connectivity index (χ0n) is 11.8. The lowest BCUT2D eigenvalue weighted by Gasteiger charge is -2.41. The van der Waals surface area contributed by atoms with Crippen LogP contribution in [-0.4, -0.2) is 25.2 Å². The van der Waals surface area contributed by atoms with E-state index >= 15 is 0 Å². The number of piperazine rings is 1. The van der Waals surface area contributed by atoms with Gasteiger partial charge in [0.1, 0.15) is 0 Å². The normalized spacial score (nSPS) is 24.0. The number of nitrogens with one attached hydrogen (secondary N) is 1. The minimum Gasteiger partial charge on any atom is -0.364 e. The maximum absolute atomic E-state index is 14.2. The number of hydrogen-bond acceptors (Lipinski definition) is 2. The Bertz CT molecular complexity index is 436. The van der Waals surface area contributed by atoms with Crippen molar-refractivity contribution in [2.24, 2.45) is 5.92 Å². The Hall–Kier alpha value is -0.800. The Morgan fingerprint density at radius 1 is 1.47 bits per heavy atom. The highest BCUT2D eigenvalue weighted by molar-refractivity contribution is 6.31. The van der Waals surface area contributed by atoms with Gasteiger partial charge in [-0.25, -0.2) is 4.39 Å². The average molecular weight is 285 g/mol. The summed E-state index contributed by atoms with van der Waals surface area (Å²) in [5, 5.41) is 3.73. The first kappa shape index (κ1) is 14.6. The summed E-state index contributed by atoms with van der Waals surface area (Å²) in [5.74, 6) is 0.332. The first-order valence-corrected chi connectivity index (χ1v) is 7.31. The lowest BCUT2D eigenvalue weighted by molar-refractivity contribution is 0.354. The summed E-state index contributed by atoms with van der Waals surface area (Å²) in [6.45, 7) is 8.24. The summed E-state index contributed by atoms with van der Waals surface area (Å²) >= 11 is 5.88. The molecule has 0 spiro atoms. The third-order valence-electron chi connectivity index (χ3n) is 3.65. The molecule has 1 fully saturated rings. The molecule has 2 atom stereocenters. The molecule has 1 aliphatic rings. The predicted octanol–water partition coefficient (Wildman–Crippen LogP) is 3.69. The molecule has 1 aliphatic heterocycles. The van der Waals surface area contributed by atoms with Crippen LogP contribution in [0.2, 0.25) is 5.02 Å². The van der Waals surface area contributed by atoms with Crippen molar-refractivity contribution in [1.29, 1.82) is 0 Å². The molecular formula is C15H22ClFN2. The molecule has 1 saturated heterocycles. The van der Waals surface area contributed by atoms with Gasteiger partial charge in [0.25, 0.3) is 0 Å². The van der Waals surface area contributed by atoms with Crippen LogP contribution in [0.1, 0.15) is 27.2 Å². The summed E-state index contributed by atoms with van der Waals surface area (Å²) in [4.78, 5) is 2.13. The zero-order valence-corrected chi connectivity index (χ0v) is 12.5. The summed E-state index contributed by atoms with van der Waals surface area (Å²) in [7, 11) is 0. The number of anilines is 1. The van der Waals surface area contributed by atoms with Crippen molar-refractivity contribution in [3.8, 4) is 0 Å². The summed E-state index contributed by atoms with van der Waals surface area (Å²) < 4.78 is 14.2. The molecule has 2 nitrogen and oxygen atoms in total. The molecule has 0 bridgehead atoms.